The summed E-state index contributed by atoms with van der Waals surface area (Å²) in [6.07, 6.45) is -0.293. The molecule has 7 nitrogen and oxygen atoms in total. The van der Waals surface area contributed by atoms with Gasteiger partial charge in [0.2, 0.25) is 0 Å². The Balaban J connectivity index is 1.64. The topological polar surface area (TPSA) is 93.7 Å². The number of anilines is 2. The highest BCUT2D eigenvalue weighted by molar-refractivity contribution is 7.92. The average molecular weight is 459 g/mol. The summed E-state index contributed by atoms with van der Waals surface area (Å²) in [4.78, 5) is 12.6. The first-order valence-corrected chi connectivity index (χ1v) is 11.3. The number of halogens is 1. The van der Waals surface area contributed by atoms with Crippen molar-refractivity contribution in [3.8, 4) is 11.5 Å². The summed E-state index contributed by atoms with van der Waals surface area (Å²) >= 11 is 0. The normalized spacial score (nSPS) is 12.0. The molecule has 0 spiro atoms. The number of carbonyl (C=O) groups is 1. The van der Waals surface area contributed by atoms with Crippen LogP contribution in [0.1, 0.15) is 13.3 Å². The van der Waals surface area contributed by atoms with Crippen LogP contribution in [0, 0.1) is 5.82 Å². The van der Waals surface area contributed by atoms with Gasteiger partial charge in [0.25, 0.3) is 15.9 Å². The molecule has 32 heavy (non-hydrogen) atoms. The monoisotopic (exact) mass is 458 g/mol. The first kappa shape index (κ1) is 23.1. The summed E-state index contributed by atoms with van der Waals surface area (Å²) in [5.74, 6) is 0.387. The van der Waals surface area contributed by atoms with E-state index in [1.807, 2.05) is 6.92 Å². The molecule has 1 amide bonds. The molecule has 2 N–H and O–H groups in total. The standard InChI is InChI=1S/C23H23FN2O5S/c1-3-22(31-20-12-10-19(30-2)11-13-20)23(27)25-17-8-14-21(15-9-17)32(28,29)26-18-6-4-16(24)5-7-18/h4-15,22,26H,3H2,1-2H3,(H,25,27)/t22-/m0/s1. The molecule has 9 heteroatoms. The summed E-state index contributed by atoms with van der Waals surface area (Å²) in [7, 11) is -2.30. The lowest BCUT2D eigenvalue weighted by Gasteiger charge is -2.17. The number of nitrogens with one attached hydrogen (secondary N) is 2. The van der Waals surface area contributed by atoms with Crippen LogP contribution in [-0.2, 0) is 14.8 Å². The SMILES string of the molecule is CC[C@H](Oc1ccc(OC)cc1)C(=O)Nc1ccc(S(=O)(=O)Nc2ccc(F)cc2)cc1. The molecule has 1 atom stereocenters. The van der Waals surface area contributed by atoms with Crippen molar-refractivity contribution in [1.82, 2.24) is 0 Å². The summed E-state index contributed by atoms with van der Waals surface area (Å²) < 4.78 is 51.2. The Hall–Kier alpha value is -3.59. The number of hydrogen-bond acceptors (Lipinski definition) is 5. The minimum atomic E-state index is -3.86. The second-order valence-electron chi connectivity index (χ2n) is 6.82. The molecule has 0 saturated carbocycles. The Morgan fingerprint density at radius 1 is 0.906 bits per heavy atom. The third kappa shape index (κ3) is 5.98. The molecular formula is C23H23FN2O5S. The molecule has 3 aromatic carbocycles. The number of methoxy groups -OCH3 is 1. The minimum absolute atomic E-state index is 0.00125. The number of hydrogen-bond donors (Lipinski definition) is 2. The van der Waals surface area contributed by atoms with E-state index in [-0.39, 0.29) is 16.5 Å². The first-order chi connectivity index (χ1) is 15.3. The van der Waals surface area contributed by atoms with Crippen molar-refractivity contribution in [2.24, 2.45) is 0 Å². The lowest BCUT2D eigenvalue weighted by Crippen LogP contribution is -2.32. The molecule has 0 aliphatic rings. The van der Waals surface area contributed by atoms with Gasteiger partial charge in [0.05, 0.1) is 12.0 Å². The third-order valence-electron chi connectivity index (χ3n) is 4.53. The van der Waals surface area contributed by atoms with Gasteiger partial charge in [-0.1, -0.05) is 6.92 Å². The molecule has 0 aliphatic carbocycles. The van der Waals surface area contributed by atoms with E-state index < -0.39 is 21.9 Å². The number of carbonyl (C=O) groups excluding carboxylic acids is 1. The van der Waals surface area contributed by atoms with Crippen LogP contribution in [0.4, 0.5) is 15.8 Å². The van der Waals surface area contributed by atoms with Crippen molar-refractivity contribution in [2.45, 2.75) is 24.3 Å². The van der Waals surface area contributed by atoms with Gasteiger partial charge >= 0.3 is 0 Å². The second-order valence-corrected chi connectivity index (χ2v) is 8.50. The highest BCUT2D eigenvalue weighted by Crippen LogP contribution is 2.21. The fourth-order valence-electron chi connectivity index (χ4n) is 2.81. The van der Waals surface area contributed by atoms with E-state index in [0.29, 0.717) is 23.6 Å². The van der Waals surface area contributed by atoms with E-state index in [0.717, 1.165) is 12.1 Å². The van der Waals surface area contributed by atoms with Gasteiger partial charge < -0.3 is 14.8 Å². The van der Waals surface area contributed by atoms with Crippen LogP contribution < -0.4 is 19.5 Å². The molecule has 168 valence electrons. The Bertz CT molecular complexity index is 1150. The molecule has 0 unspecified atom stereocenters. The largest absolute Gasteiger partial charge is 0.497 e. The minimum Gasteiger partial charge on any atom is -0.497 e. The van der Waals surface area contributed by atoms with Gasteiger partial charge in [-0.2, -0.15) is 0 Å². The van der Waals surface area contributed by atoms with Crippen LogP contribution in [0.2, 0.25) is 0 Å². The predicted molar refractivity (Wildman–Crippen MR) is 120 cm³/mol. The highest BCUT2D eigenvalue weighted by atomic mass is 32.2. The van der Waals surface area contributed by atoms with E-state index in [9.17, 15) is 17.6 Å². The predicted octanol–water partition coefficient (Wildman–Crippen LogP) is 4.43. The van der Waals surface area contributed by atoms with Gasteiger partial charge in [0.1, 0.15) is 17.3 Å². The van der Waals surface area contributed by atoms with Crippen molar-refractivity contribution in [3.05, 3.63) is 78.6 Å². The Kier molecular flexibility index (Phi) is 7.32. The lowest BCUT2D eigenvalue weighted by atomic mass is 10.2. The van der Waals surface area contributed by atoms with Crippen LogP contribution >= 0.6 is 0 Å². The number of ether oxygens (including phenoxy) is 2. The molecule has 0 fully saturated rings. The zero-order valence-electron chi connectivity index (χ0n) is 17.5. The summed E-state index contributed by atoms with van der Waals surface area (Å²) in [6.45, 7) is 1.82. The van der Waals surface area contributed by atoms with Gasteiger partial charge in [0.15, 0.2) is 6.10 Å². The second kappa shape index (κ2) is 10.1. The van der Waals surface area contributed by atoms with Crippen LogP contribution in [-0.4, -0.2) is 27.5 Å². The summed E-state index contributed by atoms with van der Waals surface area (Å²) in [5.41, 5.74) is 0.665. The first-order valence-electron chi connectivity index (χ1n) is 9.81. The van der Waals surface area contributed by atoms with Gasteiger partial charge in [0, 0.05) is 11.4 Å². The van der Waals surface area contributed by atoms with Crippen LogP contribution in [0.5, 0.6) is 11.5 Å². The number of amides is 1. The average Bonchev–Trinajstić information content (AvgIpc) is 2.79. The number of sulfonamides is 1. The van der Waals surface area contributed by atoms with Crippen molar-refractivity contribution >= 4 is 27.3 Å². The maximum atomic E-state index is 13.0. The maximum Gasteiger partial charge on any atom is 0.265 e. The van der Waals surface area contributed by atoms with Crippen molar-refractivity contribution in [3.63, 3.8) is 0 Å². The number of rotatable bonds is 9. The third-order valence-corrected chi connectivity index (χ3v) is 5.93. The molecule has 3 aromatic rings. The van der Waals surface area contributed by atoms with E-state index in [2.05, 4.69) is 10.0 Å². The zero-order chi connectivity index (χ0) is 23.1. The van der Waals surface area contributed by atoms with Crippen molar-refractivity contribution in [1.29, 1.82) is 0 Å². The smallest absolute Gasteiger partial charge is 0.265 e. The lowest BCUT2D eigenvalue weighted by molar-refractivity contribution is -0.122. The van der Waals surface area contributed by atoms with Crippen LogP contribution in [0.15, 0.2) is 77.7 Å². The molecule has 0 radical (unpaired) electrons. The van der Waals surface area contributed by atoms with Crippen molar-refractivity contribution in [2.75, 3.05) is 17.1 Å². The quantitative estimate of drug-likeness (QED) is 0.495. The van der Waals surface area contributed by atoms with Crippen molar-refractivity contribution < 1.29 is 27.1 Å². The van der Waals surface area contributed by atoms with E-state index in [1.165, 1.54) is 36.4 Å². The molecule has 0 saturated heterocycles. The van der Waals surface area contributed by atoms with Gasteiger partial charge in [-0.3, -0.25) is 9.52 Å². The van der Waals surface area contributed by atoms with Gasteiger partial charge in [-0.15, -0.1) is 0 Å². The highest BCUT2D eigenvalue weighted by Gasteiger charge is 2.19. The summed E-state index contributed by atoms with van der Waals surface area (Å²) in [6, 6.07) is 17.6. The molecular weight excluding hydrogens is 435 g/mol. The fourth-order valence-corrected chi connectivity index (χ4v) is 3.87. The van der Waals surface area contributed by atoms with E-state index >= 15 is 0 Å². The van der Waals surface area contributed by atoms with Gasteiger partial charge in [-0.05, 0) is 79.2 Å². The molecule has 0 heterocycles. The molecule has 0 aliphatic heterocycles. The van der Waals surface area contributed by atoms with Crippen LogP contribution in [0.25, 0.3) is 0 Å². The number of benzene rings is 3. The Labute approximate surface area is 186 Å². The molecule has 0 aromatic heterocycles. The van der Waals surface area contributed by atoms with Gasteiger partial charge in [-0.25, -0.2) is 12.8 Å². The molecule has 0 bridgehead atoms. The Morgan fingerprint density at radius 3 is 2.03 bits per heavy atom. The molecule has 3 rings (SSSR count). The zero-order valence-corrected chi connectivity index (χ0v) is 18.4. The van der Waals surface area contributed by atoms with Crippen LogP contribution in [0.3, 0.4) is 0 Å². The fraction of sp³-hybridized carbons (Fsp3) is 0.174. The summed E-state index contributed by atoms with van der Waals surface area (Å²) in [5, 5.41) is 2.72. The van der Waals surface area contributed by atoms with E-state index in [4.69, 9.17) is 9.47 Å². The Morgan fingerprint density at radius 2 is 1.47 bits per heavy atom. The maximum absolute atomic E-state index is 13.0. The van der Waals surface area contributed by atoms with E-state index in [1.54, 1.807) is 31.4 Å².